The first kappa shape index (κ1) is 16.6. The van der Waals surface area contributed by atoms with Crippen LogP contribution in [0.5, 0.6) is 0 Å². The summed E-state index contributed by atoms with van der Waals surface area (Å²) in [5.74, 6) is 0.179. The maximum absolute atomic E-state index is 12.9. The van der Waals surface area contributed by atoms with Crippen molar-refractivity contribution in [2.45, 2.75) is 19.8 Å². The quantitative estimate of drug-likeness (QED) is 0.283. The van der Waals surface area contributed by atoms with Crippen molar-refractivity contribution in [2.24, 2.45) is 0 Å². The highest BCUT2D eigenvalue weighted by molar-refractivity contribution is 7.28. The molecule has 0 radical (unpaired) electrons. The van der Waals surface area contributed by atoms with E-state index < -0.39 is 0 Å². The van der Waals surface area contributed by atoms with Crippen LogP contribution >= 0.6 is 22.7 Å². The molecule has 2 heterocycles. The van der Waals surface area contributed by atoms with Crippen LogP contribution < -0.4 is 0 Å². The lowest BCUT2D eigenvalue weighted by Gasteiger charge is -2.00. The molecule has 1 aliphatic rings. The summed E-state index contributed by atoms with van der Waals surface area (Å²) in [7, 11) is 0. The van der Waals surface area contributed by atoms with E-state index in [1.165, 1.54) is 14.3 Å². The number of hydrogen-bond acceptors (Lipinski definition) is 4. The van der Waals surface area contributed by atoms with Crippen LogP contribution in [0.25, 0.3) is 26.2 Å². The Bertz CT molecular complexity index is 1200. The van der Waals surface area contributed by atoms with Gasteiger partial charge in [-0.3, -0.25) is 9.59 Å². The molecular formula is C23H16O2S2. The SMILES string of the molecule is CC(C)c1cc2sc(C=C3C(=O)c4cc5ccccc5cc4C3=O)cc2s1. The first-order chi connectivity index (χ1) is 13.0. The van der Waals surface area contributed by atoms with Crippen molar-refractivity contribution in [1.29, 1.82) is 0 Å². The summed E-state index contributed by atoms with van der Waals surface area (Å²) in [6, 6.07) is 15.8. The van der Waals surface area contributed by atoms with E-state index in [4.69, 9.17) is 0 Å². The molecule has 0 saturated heterocycles. The van der Waals surface area contributed by atoms with E-state index in [0.29, 0.717) is 17.0 Å². The Morgan fingerprint density at radius 3 is 1.96 bits per heavy atom. The lowest BCUT2D eigenvalue weighted by Crippen LogP contribution is -1.99. The van der Waals surface area contributed by atoms with Crippen molar-refractivity contribution >= 4 is 60.5 Å². The van der Waals surface area contributed by atoms with Gasteiger partial charge >= 0.3 is 0 Å². The minimum Gasteiger partial charge on any atom is -0.288 e. The van der Waals surface area contributed by atoms with Crippen molar-refractivity contribution < 1.29 is 9.59 Å². The van der Waals surface area contributed by atoms with E-state index in [9.17, 15) is 9.59 Å². The van der Waals surface area contributed by atoms with Gasteiger partial charge in [0.15, 0.2) is 11.6 Å². The van der Waals surface area contributed by atoms with Crippen molar-refractivity contribution in [1.82, 2.24) is 0 Å². The average molecular weight is 389 g/mol. The highest BCUT2D eigenvalue weighted by atomic mass is 32.1. The molecule has 0 aliphatic heterocycles. The van der Waals surface area contributed by atoms with Crippen molar-refractivity contribution in [3.8, 4) is 0 Å². The Labute approximate surface area is 164 Å². The van der Waals surface area contributed by atoms with Crippen LogP contribution in [0.15, 0.2) is 54.1 Å². The molecule has 4 aromatic rings. The Morgan fingerprint density at radius 2 is 1.41 bits per heavy atom. The molecular weight excluding hydrogens is 372 g/mol. The van der Waals surface area contributed by atoms with Gasteiger partial charge < -0.3 is 0 Å². The molecule has 5 rings (SSSR count). The number of ketones is 2. The summed E-state index contributed by atoms with van der Waals surface area (Å²) in [6.45, 7) is 4.38. The molecule has 1 aliphatic carbocycles. The lowest BCUT2D eigenvalue weighted by molar-refractivity contribution is 0.0990. The third-order valence-electron chi connectivity index (χ3n) is 4.97. The number of Topliss-reactive ketones (excluding diaryl/α,β-unsaturated/α-hetero) is 2. The first-order valence-corrected chi connectivity index (χ1v) is 10.5. The molecule has 2 nitrogen and oxygen atoms in total. The van der Waals surface area contributed by atoms with E-state index in [2.05, 4.69) is 26.0 Å². The summed E-state index contributed by atoms with van der Waals surface area (Å²) in [5, 5.41) is 1.97. The number of rotatable bonds is 2. The molecule has 0 spiro atoms. The maximum Gasteiger partial charge on any atom is 0.197 e. The van der Waals surface area contributed by atoms with Crippen molar-refractivity contribution in [3.05, 3.63) is 75.0 Å². The van der Waals surface area contributed by atoms with Gasteiger partial charge in [-0.2, -0.15) is 0 Å². The van der Waals surface area contributed by atoms with Crippen LogP contribution in [0, 0.1) is 0 Å². The molecule has 2 aromatic heterocycles. The highest BCUT2D eigenvalue weighted by Crippen LogP contribution is 2.38. The molecule has 2 aromatic carbocycles. The van der Waals surface area contributed by atoms with Crippen molar-refractivity contribution in [3.63, 3.8) is 0 Å². The van der Waals surface area contributed by atoms with Crippen LogP contribution in [0.3, 0.4) is 0 Å². The number of benzene rings is 2. The maximum atomic E-state index is 12.9. The van der Waals surface area contributed by atoms with Gasteiger partial charge in [-0.1, -0.05) is 38.1 Å². The van der Waals surface area contributed by atoms with Crippen LogP contribution in [-0.2, 0) is 0 Å². The molecule has 0 bridgehead atoms. The molecule has 0 saturated carbocycles. The Morgan fingerprint density at radius 1 is 0.815 bits per heavy atom. The number of fused-ring (bicyclic) bond motifs is 3. The second-order valence-electron chi connectivity index (χ2n) is 7.14. The van der Waals surface area contributed by atoms with Gasteiger partial charge in [0.25, 0.3) is 0 Å². The molecule has 4 heteroatoms. The summed E-state index contributed by atoms with van der Waals surface area (Å²) in [6.07, 6.45) is 1.77. The molecule has 0 N–H and O–H groups in total. The minimum atomic E-state index is -0.166. The van der Waals surface area contributed by atoms with Crippen LogP contribution in [0.1, 0.15) is 50.2 Å². The highest BCUT2D eigenvalue weighted by Gasteiger charge is 2.33. The number of hydrogen-bond donors (Lipinski definition) is 0. The smallest absolute Gasteiger partial charge is 0.197 e. The van der Waals surface area contributed by atoms with E-state index in [-0.39, 0.29) is 17.1 Å². The van der Waals surface area contributed by atoms with Gasteiger partial charge in [-0.15, -0.1) is 22.7 Å². The number of allylic oxidation sites excluding steroid dienone is 1. The molecule has 0 unspecified atom stereocenters. The normalized spacial score (nSPS) is 14.0. The third kappa shape index (κ3) is 2.59. The molecule has 27 heavy (non-hydrogen) atoms. The molecule has 0 amide bonds. The van der Waals surface area contributed by atoms with E-state index in [1.807, 2.05) is 36.4 Å². The fourth-order valence-electron chi connectivity index (χ4n) is 3.51. The fraction of sp³-hybridized carbons (Fsp3) is 0.130. The summed E-state index contributed by atoms with van der Waals surface area (Å²) >= 11 is 3.42. The first-order valence-electron chi connectivity index (χ1n) is 8.88. The zero-order valence-corrected chi connectivity index (χ0v) is 16.5. The van der Waals surface area contributed by atoms with Gasteiger partial charge in [0.2, 0.25) is 0 Å². The summed E-state index contributed by atoms with van der Waals surface area (Å²) in [4.78, 5) is 28.1. The second kappa shape index (κ2) is 5.98. The Kier molecular flexibility index (Phi) is 3.67. The molecule has 0 atom stereocenters. The summed E-state index contributed by atoms with van der Waals surface area (Å²) < 4.78 is 2.44. The predicted molar refractivity (Wildman–Crippen MR) is 114 cm³/mol. The van der Waals surface area contributed by atoms with E-state index in [1.54, 1.807) is 28.7 Å². The minimum absolute atomic E-state index is 0.166. The topological polar surface area (TPSA) is 34.1 Å². The van der Waals surface area contributed by atoms with Crippen LogP contribution in [0.4, 0.5) is 0 Å². The van der Waals surface area contributed by atoms with Gasteiger partial charge in [0.05, 0.1) is 5.57 Å². The Hall–Kier alpha value is -2.56. The largest absolute Gasteiger partial charge is 0.288 e. The van der Waals surface area contributed by atoms with Crippen molar-refractivity contribution in [2.75, 3.05) is 0 Å². The average Bonchev–Trinajstić information content (AvgIpc) is 3.28. The van der Waals surface area contributed by atoms with E-state index in [0.717, 1.165) is 15.6 Å². The second-order valence-corrected chi connectivity index (χ2v) is 9.37. The monoisotopic (exact) mass is 388 g/mol. The van der Waals surface area contributed by atoms with Gasteiger partial charge in [-0.25, -0.2) is 0 Å². The number of carbonyl (C=O) groups excluding carboxylic acids is 2. The predicted octanol–water partition coefficient (Wildman–Crippen LogP) is 6.70. The summed E-state index contributed by atoms with van der Waals surface area (Å²) in [5.41, 5.74) is 1.31. The Balaban J connectivity index is 1.58. The van der Waals surface area contributed by atoms with Crippen LogP contribution in [-0.4, -0.2) is 11.6 Å². The zero-order valence-electron chi connectivity index (χ0n) is 14.9. The fourth-order valence-corrected chi connectivity index (χ4v) is 5.88. The lowest BCUT2D eigenvalue weighted by atomic mass is 10.0. The van der Waals surface area contributed by atoms with E-state index >= 15 is 0 Å². The standard InChI is InChI=1S/C23H16O2S2/c1-12(2)19-11-21-20(27-19)10-15(26-21)9-18-22(24)16-7-13-5-3-4-6-14(13)8-17(16)23(18)25/h3-12H,1-2H3. The van der Waals surface area contributed by atoms with Gasteiger partial charge in [0, 0.05) is 30.3 Å². The molecule has 132 valence electrons. The zero-order chi connectivity index (χ0) is 18.7. The number of carbonyl (C=O) groups is 2. The third-order valence-corrected chi connectivity index (χ3v) is 7.51. The van der Waals surface area contributed by atoms with Gasteiger partial charge in [-0.05, 0) is 47.0 Å². The van der Waals surface area contributed by atoms with Crippen LogP contribution in [0.2, 0.25) is 0 Å². The van der Waals surface area contributed by atoms with Gasteiger partial charge in [0.1, 0.15) is 0 Å². The number of thiophene rings is 2. The molecule has 0 fully saturated rings.